The average molecular weight is 415 g/mol. The monoisotopic (exact) mass is 415 g/mol. The van der Waals surface area contributed by atoms with Gasteiger partial charge in [-0.3, -0.25) is 4.79 Å². The third kappa shape index (κ3) is 3.93. The lowest BCUT2D eigenvalue weighted by Gasteiger charge is -2.21. The van der Waals surface area contributed by atoms with Crippen LogP contribution in [0.25, 0.3) is 17.3 Å². The molecule has 1 saturated heterocycles. The topological polar surface area (TPSA) is 67.4 Å². The quantitative estimate of drug-likeness (QED) is 0.628. The van der Waals surface area contributed by atoms with Crippen LogP contribution in [0.1, 0.15) is 35.8 Å². The second kappa shape index (κ2) is 8.30. The van der Waals surface area contributed by atoms with E-state index in [-0.39, 0.29) is 11.9 Å². The van der Waals surface area contributed by atoms with Gasteiger partial charge in [-0.05, 0) is 54.3 Å². The average Bonchev–Trinajstić information content (AvgIpc) is 3.57. The summed E-state index contributed by atoms with van der Waals surface area (Å²) in [6.07, 6.45) is 8.18. The van der Waals surface area contributed by atoms with Crippen molar-refractivity contribution in [2.45, 2.75) is 25.3 Å². The molecule has 3 aromatic rings. The van der Waals surface area contributed by atoms with Gasteiger partial charge in [-0.25, -0.2) is 4.98 Å². The van der Waals surface area contributed by atoms with Crippen molar-refractivity contribution in [2.75, 3.05) is 20.3 Å². The molecule has 2 aliphatic rings. The molecule has 0 saturated carbocycles. The Morgan fingerprint density at radius 1 is 1.29 bits per heavy atom. The predicted molar refractivity (Wildman–Crippen MR) is 119 cm³/mol. The molecule has 1 fully saturated rings. The highest BCUT2D eigenvalue weighted by molar-refractivity contribution is 5.92. The summed E-state index contributed by atoms with van der Waals surface area (Å²) in [5, 5.41) is 0. The summed E-state index contributed by atoms with van der Waals surface area (Å²) >= 11 is 0. The van der Waals surface area contributed by atoms with Gasteiger partial charge in [0.1, 0.15) is 17.3 Å². The number of benzene rings is 2. The molecule has 158 valence electrons. The number of hydrogen-bond acceptors (Lipinski definition) is 4. The number of hydrogen-bond donors (Lipinski definition) is 1. The maximum Gasteiger partial charge on any atom is 0.247 e. The zero-order valence-electron chi connectivity index (χ0n) is 17.5. The molecule has 0 spiro atoms. The molecule has 5 rings (SSSR count). The van der Waals surface area contributed by atoms with Gasteiger partial charge in [-0.15, -0.1) is 0 Å². The van der Waals surface area contributed by atoms with Gasteiger partial charge in [0.05, 0.1) is 31.6 Å². The molecule has 3 heterocycles. The number of rotatable bonds is 5. The molecule has 1 N–H and O–H groups in total. The van der Waals surface area contributed by atoms with Crippen LogP contribution in [-0.4, -0.2) is 41.0 Å². The number of carbonyl (C=O) groups is 1. The van der Waals surface area contributed by atoms with Crippen molar-refractivity contribution in [1.29, 1.82) is 0 Å². The molecule has 1 atom stereocenters. The van der Waals surface area contributed by atoms with E-state index in [9.17, 15) is 4.79 Å². The van der Waals surface area contributed by atoms with Gasteiger partial charge >= 0.3 is 0 Å². The Hall–Kier alpha value is -3.54. The first-order valence-electron chi connectivity index (χ1n) is 10.6. The number of likely N-dealkylation sites (tertiary alicyclic amines) is 1. The van der Waals surface area contributed by atoms with Crippen molar-refractivity contribution in [3.05, 3.63) is 71.7 Å². The van der Waals surface area contributed by atoms with Crippen molar-refractivity contribution in [3.63, 3.8) is 0 Å². The smallest absolute Gasteiger partial charge is 0.247 e. The minimum atomic E-state index is -0.0371. The highest BCUT2D eigenvalue weighted by Crippen LogP contribution is 2.32. The molecule has 0 aliphatic carbocycles. The van der Waals surface area contributed by atoms with E-state index >= 15 is 0 Å². The van der Waals surface area contributed by atoms with Crippen LogP contribution in [0.2, 0.25) is 0 Å². The minimum absolute atomic E-state index is 0.0126. The SMILES string of the molecule is COc1cccc(-c2cnc(C3CCCN3C(=O)/C=C/c3ccc4c(c3)CCO4)[nH]2)c1. The molecule has 1 unspecified atom stereocenters. The number of aromatic amines is 1. The van der Waals surface area contributed by atoms with Crippen LogP contribution < -0.4 is 9.47 Å². The van der Waals surface area contributed by atoms with Gasteiger partial charge in [0, 0.05) is 24.6 Å². The molecule has 2 aliphatic heterocycles. The summed E-state index contributed by atoms with van der Waals surface area (Å²) in [6.45, 7) is 1.47. The lowest BCUT2D eigenvalue weighted by atomic mass is 10.1. The summed E-state index contributed by atoms with van der Waals surface area (Å²) < 4.78 is 10.9. The Morgan fingerprint density at radius 3 is 3.13 bits per heavy atom. The first-order valence-corrected chi connectivity index (χ1v) is 10.6. The Kier molecular flexibility index (Phi) is 5.20. The lowest BCUT2D eigenvalue weighted by molar-refractivity contribution is -0.127. The highest BCUT2D eigenvalue weighted by atomic mass is 16.5. The molecule has 31 heavy (non-hydrogen) atoms. The van der Waals surface area contributed by atoms with Crippen LogP contribution in [0.4, 0.5) is 0 Å². The number of fused-ring (bicyclic) bond motifs is 1. The highest BCUT2D eigenvalue weighted by Gasteiger charge is 2.31. The second-order valence-corrected chi connectivity index (χ2v) is 7.90. The molecule has 6 heteroatoms. The van der Waals surface area contributed by atoms with Crippen molar-refractivity contribution in [2.24, 2.45) is 0 Å². The first kappa shape index (κ1) is 19.4. The molecule has 2 aromatic carbocycles. The van der Waals surface area contributed by atoms with Crippen LogP contribution in [0, 0.1) is 0 Å². The van der Waals surface area contributed by atoms with Gasteiger partial charge in [-0.1, -0.05) is 18.2 Å². The van der Waals surface area contributed by atoms with E-state index in [2.05, 4.69) is 16.0 Å². The third-order valence-electron chi connectivity index (χ3n) is 5.96. The predicted octanol–water partition coefficient (Wildman–Crippen LogP) is 4.40. The van der Waals surface area contributed by atoms with E-state index in [0.29, 0.717) is 0 Å². The zero-order valence-corrected chi connectivity index (χ0v) is 17.5. The summed E-state index contributed by atoms with van der Waals surface area (Å²) in [5.74, 6) is 2.59. The summed E-state index contributed by atoms with van der Waals surface area (Å²) in [5.41, 5.74) is 4.15. The number of ether oxygens (including phenoxy) is 2. The Bertz CT molecular complexity index is 1130. The zero-order chi connectivity index (χ0) is 21.2. The van der Waals surface area contributed by atoms with Crippen molar-refractivity contribution in [3.8, 4) is 22.8 Å². The molecule has 0 radical (unpaired) electrons. The fourth-order valence-electron chi connectivity index (χ4n) is 4.33. The maximum absolute atomic E-state index is 13.0. The molecule has 1 aromatic heterocycles. The van der Waals surface area contributed by atoms with E-state index in [0.717, 1.165) is 66.6 Å². The summed E-state index contributed by atoms with van der Waals surface area (Å²) in [6, 6.07) is 13.9. The maximum atomic E-state index is 13.0. The number of aromatic nitrogens is 2. The molecular formula is C25H25N3O3. The van der Waals surface area contributed by atoms with Crippen LogP contribution in [0.3, 0.4) is 0 Å². The number of H-pyrrole nitrogens is 1. The summed E-state index contributed by atoms with van der Waals surface area (Å²) in [4.78, 5) is 22.9. The Labute approximate surface area is 181 Å². The van der Waals surface area contributed by atoms with Gasteiger partial charge in [-0.2, -0.15) is 0 Å². The van der Waals surface area contributed by atoms with Gasteiger partial charge in [0.2, 0.25) is 5.91 Å². The number of carbonyl (C=O) groups excluding carboxylic acids is 1. The van der Waals surface area contributed by atoms with Crippen LogP contribution in [-0.2, 0) is 11.2 Å². The molecular weight excluding hydrogens is 390 g/mol. The van der Waals surface area contributed by atoms with E-state index in [1.54, 1.807) is 13.2 Å². The summed E-state index contributed by atoms with van der Waals surface area (Å²) in [7, 11) is 1.66. The Balaban J connectivity index is 1.31. The molecule has 6 nitrogen and oxygen atoms in total. The minimum Gasteiger partial charge on any atom is -0.497 e. The van der Waals surface area contributed by atoms with Crippen molar-refractivity contribution >= 4 is 12.0 Å². The fraction of sp³-hybridized carbons (Fsp3) is 0.280. The number of amides is 1. The van der Waals surface area contributed by atoms with E-state index in [1.807, 2.05) is 53.6 Å². The van der Waals surface area contributed by atoms with E-state index < -0.39 is 0 Å². The van der Waals surface area contributed by atoms with Crippen LogP contribution in [0.15, 0.2) is 54.7 Å². The van der Waals surface area contributed by atoms with E-state index in [4.69, 9.17) is 9.47 Å². The molecule has 1 amide bonds. The van der Waals surface area contributed by atoms with Crippen LogP contribution in [0.5, 0.6) is 11.5 Å². The van der Waals surface area contributed by atoms with Crippen LogP contribution >= 0.6 is 0 Å². The van der Waals surface area contributed by atoms with Crippen molar-refractivity contribution in [1.82, 2.24) is 14.9 Å². The second-order valence-electron chi connectivity index (χ2n) is 7.90. The fourth-order valence-corrected chi connectivity index (χ4v) is 4.33. The van der Waals surface area contributed by atoms with Gasteiger partial charge in [0.15, 0.2) is 0 Å². The van der Waals surface area contributed by atoms with Crippen molar-refractivity contribution < 1.29 is 14.3 Å². The normalized spacial score (nSPS) is 17.7. The largest absolute Gasteiger partial charge is 0.497 e. The lowest BCUT2D eigenvalue weighted by Crippen LogP contribution is -2.29. The standard InChI is InChI=1S/C25H25N3O3/c1-30-20-5-2-4-18(15-20)21-16-26-25(27-21)22-6-3-12-28(22)24(29)10-8-17-7-9-23-19(14-17)11-13-31-23/h2,4-5,7-10,14-16,22H,3,6,11-13H2,1H3,(H,26,27)/b10-8+. The number of nitrogens with one attached hydrogen (secondary N) is 1. The number of methoxy groups -OCH3 is 1. The van der Waals surface area contributed by atoms with E-state index in [1.165, 1.54) is 5.56 Å². The van der Waals surface area contributed by atoms with Gasteiger partial charge < -0.3 is 19.4 Å². The first-order chi connectivity index (χ1) is 15.2. The van der Waals surface area contributed by atoms with Gasteiger partial charge in [0.25, 0.3) is 0 Å². The molecule has 0 bridgehead atoms. The third-order valence-corrected chi connectivity index (χ3v) is 5.96. The number of nitrogens with zero attached hydrogens (tertiary/aromatic N) is 2. The Morgan fingerprint density at radius 2 is 2.23 bits per heavy atom. The number of imidazole rings is 1.